The summed E-state index contributed by atoms with van der Waals surface area (Å²) in [5.41, 5.74) is 0. The van der Waals surface area contributed by atoms with Gasteiger partial charge in [0.15, 0.2) is 0 Å². The molecular formula is C7H8S2. The molecule has 0 aliphatic rings. The van der Waals surface area contributed by atoms with E-state index in [0.717, 1.165) is 5.75 Å². The minimum Gasteiger partial charge on any atom is -0.148 e. The zero-order valence-corrected chi connectivity index (χ0v) is 6.67. The third-order valence-corrected chi connectivity index (χ3v) is 2.70. The van der Waals surface area contributed by atoms with Crippen LogP contribution in [0.2, 0.25) is 0 Å². The molecule has 1 rings (SSSR count). The van der Waals surface area contributed by atoms with Gasteiger partial charge in [-0.25, -0.2) is 0 Å². The van der Waals surface area contributed by atoms with E-state index in [9.17, 15) is 0 Å². The number of thiophene rings is 1. The summed E-state index contributed by atoms with van der Waals surface area (Å²) in [5.74, 6) is 1.07. The maximum absolute atomic E-state index is 3.63. The molecule has 0 bridgehead atoms. The van der Waals surface area contributed by atoms with Gasteiger partial charge in [-0.05, 0) is 16.9 Å². The van der Waals surface area contributed by atoms with E-state index in [1.165, 1.54) is 4.88 Å². The summed E-state index contributed by atoms with van der Waals surface area (Å²) in [6.45, 7) is 3.63. The van der Waals surface area contributed by atoms with Crippen LogP contribution in [0.25, 0.3) is 0 Å². The Morgan fingerprint density at radius 2 is 2.67 bits per heavy atom. The lowest BCUT2D eigenvalue weighted by Crippen LogP contribution is -1.64. The first-order chi connectivity index (χ1) is 4.43. The highest BCUT2D eigenvalue weighted by atomic mass is 32.2. The van der Waals surface area contributed by atoms with Crippen molar-refractivity contribution in [3.8, 4) is 0 Å². The van der Waals surface area contributed by atoms with Gasteiger partial charge in [0.05, 0.1) is 0 Å². The van der Waals surface area contributed by atoms with Gasteiger partial charge in [0.1, 0.15) is 0 Å². The molecule has 1 heterocycles. The normalized spacial score (nSPS) is 9.33. The molecule has 1 aromatic heterocycles. The zero-order valence-electron chi connectivity index (χ0n) is 5.04. The summed E-state index contributed by atoms with van der Waals surface area (Å²) >= 11 is 3.53. The van der Waals surface area contributed by atoms with Crippen molar-refractivity contribution < 1.29 is 0 Å². The zero-order chi connectivity index (χ0) is 6.53. The molecule has 0 saturated heterocycles. The topological polar surface area (TPSA) is 0 Å². The lowest BCUT2D eigenvalue weighted by Gasteiger charge is -1.87. The lowest BCUT2D eigenvalue weighted by atomic mass is 10.5. The quantitative estimate of drug-likeness (QED) is 0.648. The highest BCUT2D eigenvalue weighted by Gasteiger charge is 1.88. The van der Waals surface area contributed by atoms with E-state index in [0.29, 0.717) is 0 Å². The first-order valence-corrected chi connectivity index (χ1v) is 4.61. The molecule has 0 aliphatic carbocycles. The van der Waals surface area contributed by atoms with Gasteiger partial charge >= 0.3 is 0 Å². The minimum absolute atomic E-state index is 1.07. The third-order valence-electron chi connectivity index (χ3n) is 0.924. The second-order valence-corrected chi connectivity index (χ2v) is 3.54. The van der Waals surface area contributed by atoms with Crippen molar-refractivity contribution in [2.45, 2.75) is 5.75 Å². The smallest absolute Gasteiger partial charge is 0.0320 e. The molecule has 9 heavy (non-hydrogen) atoms. The van der Waals surface area contributed by atoms with Crippen LogP contribution in [0.3, 0.4) is 0 Å². The minimum atomic E-state index is 1.07. The molecule has 2 heteroatoms. The fraction of sp³-hybridized carbons (Fsp3) is 0.143. The summed E-state index contributed by atoms with van der Waals surface area (Å²) in [4.78, 5) is 1.42. The average molecular weight is 156 g/mol. The van der Waals surface area contributed by atoms with E-state index < -0.39 is 0 Å². The van der Waals surface area contributed by atoms with Crippen LogP contribution < -0.4 is 0 Å². The Balaban J connectivity index is 2.38. The van der Waals surface area contributed by atoms with Gasteiger partial charge in [-0.3, -0.25) is 0 Å². The molecule has 0 aliphatic heterocycles. The van der Waals surface area contributed by atoms with E-state index in [1.54, 1.807) is 23.1 Å². The molecule has 1 aromatic rings. The largest absolute Gasteiger partial charge is 0.148 e. The van der Waals surface area contributed by atoms with E-state index in [1.807, 2.05) is 5.41 Å². The monoisotopic (exact) mass is 156 g/mol. The van der Waals surface area contributed by atoms with Crippen LogP contribution >= 0.6 is 23.1 Å². The predicted octanol–water partition coefficient (Wildman–Crippen LogP) is 3.12. The molecule has 0 unspecified atom stereocenters. The molecule has 0 amide bonds. The molecule has 0 aromatic carbocycles. The SMILES string of the molecule is C=CSCc1cccs1. The van der Waals surface area contributed by atoms with Crippen LogP contribution in [0.1, 0.15) is 4.88 Å². The van der Waals surface area contributed by atoms with E-state index >= 15 is 0 Å². The van der Waals surface area contributed by atoms with Crippen molar-refractivity contribution in [3.63, 3.8) is 0 Å². The third kappa shape index (κ3) is 2.24. The Bertz CT molecular complexity index is 165. The Morgan fingerprint density at radius 1 is 1.78 bits per heavy atom. The standard InChI is InChI=1S/C7H8S2/c1-2-8-6-7-4-3-5-9-7/h2-5H,1,6H2. The summed E-state index contributed by atoms with van der Waals surface area (Å²) in [5, 5.41) is 3.97. The van der Waals surface area contributed by atoms with Gasteiger partial charge in [0.25, 0.3) is 0 Å². The van der Waals surface area contributed by atoms with Gasteiger partial charge in [-0.2, -0.15) is 0 Å². The van der Waals surface area contributed by atoms with Crippen LogP contribution in [0.5, 0.6) is 0 Å². The van der Waals surface area contributed by atoms with E-state index in [-0.39, 0.29) is 0 Å². The van der Waals surface area contributed by atoms with Gasteiger partial charge in [-0.1, -0.05) is 12.6 Å². The maximum atomic E-state index is 3.63. The lowest BCUT2D eigenvalue weighted by molar-refractivity contribution is 1.56. The second kappa shape index (κ2) is 3.75. The van der Waals surface area contributed by atoms with E-state index in [4.69, 9.17) is 0 Å². The Hall–Kier alpha value is -0.210. The second-order valence-electron chi connectivity index (χ2n) is 1.56. The number of thioether (sulfide) groups is 1. The average Bonchev–Trinajstić information content (AvgIpc) is 2.34. The van der Waals surface area contributed by atoms with Crippen LogP contribution in [0.15, 0.2) is 29.5 Å². The van der Waals surface area contributed by atoms with Crippen LogP contribution in [-0.4, -0.2) is 0 Å². The van der Waals surface area contributed by atoms with Crippen molar-refractivity contribution in [1.82, 2.24) is 0 Å². The highest BCUT2D eigenvalue weighted by Crippen LogP contribution is 2.16. The van der Waals surface area contributed by atoms with Crippen LogP contribution in [0.4, 0.5) is 0 Å². The molecule has 0 atom stereocenters. The number of hydrogen-bond acceptors (Lipinski definition) is 2. The van der Waals surface area contributed by atoms with Crippen LogP contribution in [0, 0.1) is 0 Å². The molecule has 0 spiro atoms. The fourth-order valence-corrected chi connectivity index (χ4v) is 1.88. The summed E-state index contributed by atoms with van der Waals surface area (Å²) in [7, 11) is 0. The summed E-state index contributed by atoms with van der Waals surface area (Å²) in [6.07, 6.45) is 0. The first kappa shape index (κ1) is 6.90. The van der Waals surface area contributed by atoms with Crippen molar-refractivity contribution in [2.24, 2.45) is 0 Å². The molecule has 0 nitrogen and oxygen atoms in total. The van der Waals surface area contributed by atoms with Gasteiger partial charge in [-0.15, -0.1) is 23.1 Å². The number of hydrogen-bond donors (Lipinski definition) is 0. The van der Waals surface area contributed by atoms with Gasteiger partial charge in [0.2, 0.25) is 0 Å². The van der Waals surface area contributed by atoms with Gasteiger partial charge in [0, 0.05) is 10.6 Å². The van der Waals surface area contributed by atoms with Crippen LogP contribution in [-0.2, 0) is 5.75 Å². The molecule has 0 saturated carbocycles. The fourth-order valence-electron chi connectivity index (χ4n) is 0.536. The molecule has 48 valence electrons. The Labute approximate surface area is 63.6 Å². The predicted molar refractivity (Wildman–Crippen MR) is 45.8 cm³/mol. The number of rotatable bonds is 3. The van der Waals surface area contributed by atoms with Gasteiger partial charge < -0.3 is 0 Å². The van der Waals surface area contributed by atoms with Crippen molar-refractivity contribution >= 4 is 23.1 Å². The highest BCUT2D eigenvalue weighted by molar-refractivity contribution is 8.01. The Kier molecular flexibility index (Phi) is 2.87. The molecule has 0 fully saturated rings. The summed E-state index contributed by atoms with van der Waals surface area (Å²) in [6, 6.07) is 4.21. The molecule has 0 radical (unpaired) electrons. The Morgan fingerprint density at radius 3 is 3.22 bits per heavy atom. The van der Waals surface area contributed by atoms with Crippen molar-refractivity contribution in [3.05, 3.63) is 34.4 Å². The van der Waals surface area contributed by atoms with Crippen molar-refractivity contribution in [1.29, 1.82) is 0 Å². The molecular weight excluding hydrogens is 148 g/mol. The molecule has 0 N–H and O–H groups in total. The summed E-state index contributed by atoms with van der Waals surface area (Å²) < 4.78 is 0. The van der Waals surface area contributed by atoms with E-state index in [2.05, 4.69) is 24.1 Å². The van der Waals surface area contributed by atoms with Crippen molar-refractivity contribution in [2.75, 3.05) is 0 Å². The maximum Gasteiger partial charge on any atom is 0.0320 e. The first-order valence-electron chi connectivity index (χ1n) is 2.68.